The molecule has 2 fully saturated rings. The molecule has 0 bridgehead atoms. The molecule has 3 aromatic rings. The first kappa shape index (κ1) is 25.9. The fourth-order valence-electron chi connectivity index (χ4n) is 5.24. The van der Waals surface area contributed by atoms with Gasteiger partial charge in [-0.15, -0.1) is 0 Å². The second-order valence-electron chi connectivity index (χ2n) is 10.5. The Labute approximate surface area is 224 Å². The second-order valence-corrected chi connectivity index (χ2v) is 11.4. The fraction of sp³-hybridized carbons (Fsp3) is 0.520. The lowest BCUT2D eigenvalue weighted by Crippen LogP contribution is -2.44. The number of carbonyl (C=O) groups is 1. The molecule has 9 nitrogen and oxygen atoms in total. The summed E-state index contributed by atoms with van der Waals surface area (Å²) in [7, 11) is 0. The van der Waals surface area contributed by atoms with Crippen molar-refractivity contribution in [2.75, 3.05) is 23.8 Å². The number of hydrogen-bond donors (Lipinski definition) is 3. The van der Waals surface area contributed by atoms with Gasteiger partial charge in [0.1, 0.15) is 11.3 Å². The zero-order valence-electron chi connectivity index (χ0n) is 20.7. The van der Waals surface area contributed by atoms with Gasteiger partial charge in [-0.05, 0) is 44.2 Å². The number of amides is 1. The molecule has 1 amide bonds. The van der Waals surface area contributed by atoms with Crippen LogP contribution in [0.1, 0.15) is 52.0 Å². The van der Waals surface area contributed by atoms with Gasteiger partial charge < -0.3 is 21.1 Å². The van der Waals surface area contributed by atoms with Crippen molar-refractivity contribution in [1.29, 1.82) is 0 Å². The number of hydrogen-bond acceptors (Lipinski definition) is 7. The second kappa shape index (κ2) is 10.2. The van der Waals surface area contributed by atoms with Crippen LogP contribution in [0.3, 0.4) is 0 Å². The Kier molecular flexibility index (Phi) is 7.17. The molecule has 1 aliphatic heterocycles. The van der Waals surface area contributed by atoms with Crippen LogP contribution in [0, 0.1) is 17.2 Å². The van der Waals surface area contributed by atoms with Crippen LogP contribution >= 0.6 is 23.2 Å². The third kappa shape index (κ3) is 5.32. The van der Waals surface area contributed by atoms with E-state index in [-0.39, 0.29) is 45.1 Å². The molecule has 1 saturated heterocycles. The number of ether oxygens (including phenoxy) is 1. The van der Waals surface area contributed by atoms with Crippen molar-refractivity contribution in [3.63, 3.8) is 0 Å². The van der Waals surface area contributed by atoms with E-state index in [9.17, 15) is 9.18 Å². The average Bonchev–Trinajstić information content (AvgIpc) is 3.20. The lowest BCUT2D eigenvalue weighted by Gasteiger charge is -2.38. The summed E-state index contributed by atoms with van der Waals surface area (Å²) >= 11 is 12.3. The maximum absolute atomic E-state index is 14.8. The van der Waals surface area contributed by atoms with Crippen LogP contribution in [0.15, 0.2) is 18.3 Å². The highest BCUT2D eigenvalue weighted by Gasteiger charge is 2.34. The normalized spacial score (nSPS) is 23.6. The van der Waals surface area contributed by atoms with Gasteiger partial charge >= 0.3 is 0 Å². The standard InChI is InChI=1S/C25H30Cl2FN7O2/c1-25(2)12-37-8-7-19(25)32-23-30-11-18-22(34-23)35(15-5-3-13(4-6-15)21(29)36)24(31-18)33-20-16(27)9-14(26)10-17(20)28/h9-11,13,15,19H,3-8,12H2,1-2H3,(H2,29,36)(H,31,33)(H,30,32,34)/t13?,15?,19-/m0/s1. The van der Waals surface area contributed by atoms with E-state index in [0.29, 0.717) is 62.0 Å². The summed E-state index contributed by atoms with van der Waals surface area (Å²) in [5, 5.41) is 6.87. The van der Waals surface area contributed by atoms with Crippen LogP contribution in [0.4, 0.5) is 22.0 Å². The SMILES string of the molecule is CC1(C)COCC[C@@H]1Nc1ncc2nc(Nc3c(F)cc(Cl)cc3Cl)n(C3CCC(C(N)=O)CC3)c2n1. The highest BCUT2D eigenvalue weighted by molar-refractivity contribution is 6.36. The van der Waals surface area contributed by atoms with E-state index in [4.69, 9.17) is 38.7 Å². The van der Waals surface area contributed by atoms with Crippen molar-refractivity contribution in [1.82, 2.24) is 19.5 Å². The van der Waals surface area contributed by atoms with E-state index in [2.05, 4.69) is 34.4 Å². The number of halogens is 3. The maximum Gasteiger partial charge on any atom is 0.225 e. The molecule has 0 radical (unpaired) electrons. The number of nitrogens with two attached hydrogens (primary N) is 1. The first-order chi connectivity index (χ1) is 17.6. The number of nitrogens with one attached hydrogen (secondary N) is 2. The summed E-state index contributed by atoms with van der Waals surface area (Å²) in [6, 6.07) is 2.77. The molecule has 1 saturated carbocycles. The molecule has 198 valence electrons. The van der Waals surface area contributed by atoms with Crippen molar-refractivity contribution < 1.29 is 13.9 Å². The number of primary amides is 1. The summed E-state index contributed by atoms with van der Waals surface area (Å²) in [5.41, 5.74) is 6.71. The number of imidazole rings is 1. The van der Waals surface area contributed by atoms with Gasteiger partial charge in [-0.3, -0.25) is 9.36 Å². The van der Waals surface area contributed by atoms with E-state index < -0.39 is 5.82 Å². The topological polar surface area (TPSA) is 120 Å². The van der Waals surface area contributed by atoms with Crippen molar-refractivity contribution in [2.45, 2.75) is 58.0 Å². The van der Waals surface area contributed by atoms with E-state index in [0.717, 1.165) is 6.42 Å². The first-order valence-electron chi connectivity index (χ1n) is 12.4. The van der Waals surface area contributed by atoms with E-state index in [1.54, 1.807) is 6.20 Å². The molecule has 1 aliphatic carbocycles. The molecule has 2 aromatic heterocycles. The summed E-state index contributed by atoms with van der Waals surface area (Å²) < 4.78 is 22.4. The molecular weight excluding hydrogens is 520 g/mol. The number of aromatic nitrogens is 4. The smallest absolute Gasteiger partial charge is 0.225 e. The van der Waals surface area contributed by atoms with E-state index in [1.165, 1.54) is 12.1 Å². The molecule has 0 spiro atoms. The first-order valence-corrected chi connectivity index (χ1v) is 13.2. The van der Waals surface area contributed by atoms with Gasteiger partial charge in [-0.1, -0.05) is 37.0 Å². The number of fused-ring (bicyclic) bond motifs is 1. The summed E-state index contributed by atoms with van der Waals surface area (Å²) in [6.45, 7) is 5.62. The van der Waals surface area contributed by atoms with Gasteiger partial charge in [0.25, 0.3) is 0 Å². The Morgan fingerprint density at radius 1 is 1.19 bits per heavy atom. The quantitative estimate of drug-likeness (QED) is 0.373. The monoisotopic (exact) mass is 549 g/mol. The van der Waals surface area contributed by atoms with Crippen LogP contribution in [-0.4, -0.2) is 44.7 Å². The number of anilines is 3. The maximum atomic E-state index is 14.8. The Bertz CT molecular complexity index is 1300. The Morgan fingerprint density at radius 3 is 2.62 bits per heavy atom. The van der Waals surface area contributed by atoms with Crippen LogP contribution in [0.25, 0.3) is 11.2 Å². The number of nitrogens with zero attached hydrogens (tertiary/aromatic N) is 4. The van der Waals surface area contributed by atoms with Crippen LogP contribution in [0.5, 0.6) is 0 Å². The summed E-state index contributed by atoms with van der Waals surface area (Å²) in [4.78, 5) is 25.8. The van der Waals surface area contributed by atoms with Gasteiger partial charge in [0.15, 0.2) is 5.65 Å². The minimum absolute atomic E-state index is 0.0282. The fourth-order valence-corrected chi connectivity index (χ4v) is 5.75. The third-order valence-corrected chi connectivity index (χ3v) is 7.93. The Morgan fingerprint density at radius 2 is 1.95 bits per heavy atom. The van der Waals surface area contributed by atoms with Crippen LogP contribution in [-0.2, 0) is 9.53 Å². The molecule has 2 aliphatic rings. The van der Waals surface area contributed by atoms with Gasteiger partial charge in [0, 0.05) is 35.0 Å². The lowest BCUT2D eigenvalue weighted by molar-refractivity contribution is -0.122. The number of carbonyl (C=O) groups excluding carboxylic acids is 1. The molecule has 4 N–H and O–H groups in total. The highest BCUT2D eigenvalue weighted by atomic mass is 35.5. The molecular formula is C25H30Cl2FN7O2. The zero-order valence-corrected chi connectivity index (χ0v) is 22.2. The predicted octanol–water partition coefficient (Wildman–Crippen LogP) is 5.46. The van der Waals surface area contributed by atoms with Crippen molar-refractivity contribution in [3.8, 4) is 0 Å². The minimum atomic E-state index is -0.594. The van der Waals surface area contributed by atoms with Gasteiger partial charge in [0.05, 0.1) is 23.5 Å². The molecule has 37 heavy (non-hydrogen) atoms. The zero-order chi connectivity index (χ0) is 26.3. The van der Waals surface area contributed by atoms with Crippen molar-refractivity contribution >= 4 is 57.9 Å². The summed E-state index contributed by atoms with van der Waals surface area (Å²) in [5.74, 6) is -0.160. The molecule has 1 aromatic carbocycles. The van der Waals surface area contributed by atoms with Crippen molar-refractivity contribution in [2.24, 2.45) is 17.1 Å². The number of benzene rings is 1. The molecule has 3 heterocycles. The van der Waals surface area contributed by atoms with Crippen LogP contribution < -0.4 is 16.4 Å². The third-order valence-electron chi connectivity index (χ3n) is 7.41. The Hall–Kier alpha value is -2.69. The molecule has 12 heteroatoms. The van der Waals surface area contributed by atoms with Crippen molar-refractivity contribution in [3.05, 3.63) is 34.2 Å². The van der Waals surface area contributed by atoms with Gasteiger partial charge in [-0.25, -0.2) is 14.4 Å². The van der Waals surface area contributed by atoms with Crippen LogP contribution in [0.2, 0.25) is 10.0 Å². The lowest BCUT2D eigenvalue weighted by atomic mass is 9.82. The Balaban J connectivity index is 1.53. The van der Waals surface area contributed by atoms with E-state index >= 15 is 0 Å². The molecule has 5 rings (SSSR count). The minimum Gasteiger partial charge on any atom is -0.381 e. The van der Waals surface area contributed by atoms with Gasteiger partial charge in [0.2, 0.25) is 17.8 Å². The molecule has 1 atom stereocenters. The van der Waals surface area contributed by atoms with Gasteiger partial charge in [-0.2, -0.15) is 4.98 Å². The number of rotatable bonds is 6. The molecule has 0 unspecified atom stereocenters. The largest absolute Gasteiger partial charge is 0.381 e. The predicted molar refractivity (Wildman–Crippen MR) is 142 cm³/mol. The van der Waals surface area contributed by atoms with E-state index in [1.807, 2.05) is 4.57 Å². The summed E-state index contributed by atoms with van der Waals surface area (Å²) in [6.07, 6.45) is 5.21. The highest BCUT2D eigenvalue weighted by Crippen LogP contribution is 2.39. The average molecular weight is 550 g/mol.